The molecule has 0 spiro atoms. The molecule has 134 valence electrons. The number of hydrogen-bond donors (Lipinski definition) is 0. The Bertz CT molecular complexity index is 465. The first-order valence-electron chi connectivity index (χ1n) is 8.78. The van der Waals surface area contributed by atoms with Crippen molar-refractivity contribution < 1.29 is 4.74 Å². The molecule has 23 heavy (non-hydrogen) atoms. The summed E-state index contributed by atoms with van der Waals surface area (Å²) in [4.78, 5) is 2.24. The van der Waals surface area contributed by atoms with Crippen molar-refractivity contribution in [2.45, 2.75) is 86.0 Å². The normalized spacial score (nSPS) is 13.3. The Morgan fingerprint density at radius 1 is 1.26 bits per heavy atom. The standard InChI is InChI=1S/C18H36N4O/c1-9-10-23-18(6,7)13-17(4,5)11-16-12-22(20-19-16)14-21(8)15(2)3/h12,15H,9-11,13-14H2,1-8H3. The van der Waals surface area contributed by atoms with Crippen LogP contribution in [0.3, 0.4) is 0 Å². The van der Waals surface area contributed by atoms with E-state index in [1.807, 2.05) is 4.68 Å². The van der Waals surface area contributed by atoms with Crippen molar-refractivity contribution in [2.24, 2.45) is 5.41 Å². The summed E-state index contributed by atoms with van der Waals surface area (Å²) >= 11 is 0. The second-order valence-electron chi connectivity index (χ2n) is 8.37. The number of hydrogen-bond acceptors (Lipinski definition) is 4. The Kier molecular flexibility index (Phi) is 7.21. The van der Waals surface area contributed by atoms with E-state index in [1.54, 1.807) is 0 Å². The predicted molar refractivity (Wildman–Crippen MR) is 95.3 cm³/mol. The van der Waals surface area contributed by atoms with Crippen molar-refractivity contribution in [1.82, 2.24) is 19.9 Å². The quantitative estimate of drug-likeness (QED) is 0.657. The van der Waals surface area contributed by atoms with Gasteiger partial charge in [0, 0.05) is 18.8 Å². The van der Waals surface area contributed by atoms with Gasteiger partial charge in [-0.15, -0.1) is 5.10 Å². The van der Waals surface area contributed by atoms with E-state index in [2.05, 4.69) is 76.9 Å². The van der Waals surface area contributed by atoms with Gasteiger partial charge >= 0.3 is 0 Å². The van der Waals surface area contributed by atoms with Crippen LogP contribution in [-0.4, -0.2) is 45.2 Å². The molecule has 1 aromatic rings. The lowest BCUT2D eigenvalue weighted by Gasteiger charge is -2.34. The van der Waals surface area contributed by atoms with Gasteiger partial charge in [-0.05, 0) is 59.4 Å². The Morgan fingerprint density at radius 2 is 1.91 bits per heavy atom. The Hall–Kier alpha value is -0.940. The molecule has 0 aliphatic carbocycles. The van der Waals surface area contributed by atoms with E-state index in [1.165, 1.54) is 0 Å². The van der Waals surface area contributed by atoms with Crippen LogP contribution < -0.4 is 0 Å². The molecule has 1 rings (SSSR count). The molecule has 0 N–H and O–H groups in total. The molecule has 1 heterocycles. The first kappa shape index (κ1) is 20.1. The van der Waals surface area contributed by atoms with Crippen molar-refractivity contribution >= 4 is 0 Å². The van der Waals surface area contributed by atoms with Crippen LogP contribution in [0.25, 0.3) is 0 Å². The fraction of sp³-hybridized carbons (Fsp3) is 0.889. The van der Waals surface area contributed by atoms with E-state index in [-0.39, 0.29) is 11.0 Å². The summed E-state index contributed by atoms with van der Waals surface area (Å²) < 4.78 is 7.91. The molecule has 0 bridgehead atoms. The molecular weight excluding hydrogens is 288 g/mol. The van der Waals surface area contributed by atoms with Gasteiger partial charge in [0.15, 0.2) is 0 Å². The molecule has 0 radical (unpaired) electrons. The zero-order chi connectivity index (χ0) is 17.7. The summed E-state index contributed by atoms with van der Waals surface area (Å²) in [5.41, 5.74) is 1.08. The minimum Gasteiger partial charge on any atom is -0.376 e. The highest BCUT2D eigenvalue weighted by Gasteiger charge is 2.30. The molecule has 0 atom stereocenters. The van der Waals surface area contributed by atoms with Crippen LogP contribution in [0.5, 0.6) is 0 Å². The molecule has 5 heteroatoms. The maximum Gasteiger partial charge on any atom is 0.0946 e. The average molecular weight is 325 g/mol. The highest BCUT2D eigenvalue weighted by molar-refractivity contribution is 4.98. The average Bonchev–Trinajstić information content (AvgIpc) is 2.81. The predicted octanol–water partition coefficient (Wildman–Crippen LogP) is 3.74. The molecule has 5 nitrogen and oxygen atoms in total. The number of ether oxygens (including phenoxy) is 1. The summed E-state index contributed by atoms with van der Waals surface area (Å²) in [5, 5.41) is 8.61. The molecule has 0 aliphatic heterocycles. The van der Waals surface area contributed by atoms with Gasteiger partial charge in [-0.2, -0.15) is 0 Å². The molecule has 0 saturated carbocycles. The molecule has 0 unspecified atom stereocenters. The van der Waals surface area contributed by atoms with Crippen LogP contribution in [0, 0.1) is 5.41 Å². The highest BCUT2D eigenvalue weighted by Crippen LogP contribution is 2.33. The number of aromatic nitrogens is 3. The molecular formula is C18H36N4O. The van der Waals surface area contributed by atoms with Gasteiger partial charge in [0.1, 0.15) is 0 Å². The Labute approximate surface area is 142 Å². The summed E-state index contributed by atoms with van der Waals surface area (Å²) in [6, 6.07) is 0.496. The zero-order valence-electron chi connectivity index (χ0n) is 16.4. The monoisotopic (exact) mass is 324 g/mol. The van der Waals surface area contributed by atoms with Crippen molar-refractivity contribution in [2.75, 3.05) is 13.7 Å². The number of rotatable bonds is 10. The summed E-state index contributed by atoms with van der Waals surface area (Å²) in [6.07, 6.45) is 5.04. The van der Waals surface area contributed by atoms with Crippen molar-refractivity contribution in [3.63, 3.8) is 0 Å². The minimum atomic E-state index is -0.104. The second kappa shape index (κ2) is 8.25. The van der Waals surface area contributed by atoms with Crippen LogP contribution in [0.4, 0.5) is 0 Å². The largest absolute Gasteiger partial charge is 0.376 e. The van der Waals surface area contributed by atoms with Gasteiger partial charge < -0.3 is 4.74 Å². The first-order valence-corrected chi connectivity index (χ1v) is 8.78. The van der Waals surface area contributed by atoms with E-state index >= 15 is 0 Å². The molecule has 0 saturated heterocycles. The van der Waals surface area contributed by atoms with Crippen LogP contribution >= 0.6 is 0 Å². The SMILES string of the molecule is CCCOC(C)(C)CC(C)(C)Cc1cn(CN(C)C(C)C)nn1. The molecule has 0 aromatic carbocycles. The maximum atomic E-state index is 5.99. The van der Waals surface area contributed by atoms with Gasteiger partial charge in [0.2, 0.25) is 0 Å². The van der Waals surface area contributed by atoms with Gasteiger partial charge in [0.05, 0.1) is 18.0 Å². The topological polar surface area (TPSA) is 43.2 Å². The Balaban J connectivity index is 2.62. The van der Waals surface area contributed by atoms with Gasteiger partial charge in [0.25, 0.3) is 0 Å². The van der Waals surface area contributed by atoms with E-state index in [4.69, 9.17) is 4.74 Å². The van der Waals surface area contributed by atoms with Crippen molar-refractivity contribution in [1.29, 1.82) is 0 Å². The smallest absolute Gasteiger partial charge is 0.0946 e. The van der Waals surface area contributed by atoms with Gasteiger partial charge in [-0.25, -0.2) is 4.68 Å². The number of nitrogens with zero attached hydrogens (tertiary/aromatic N) is 4. The van der Waals surface area contributed by atoms with Crippen LogP contribution in [0.15, 0.2) is 6.20 Å². The van der Waals surface area contributed by atoms with E-state index in [9.17, 15) is 0 Å². The summed E-state index contributed by atoms with van der Waals surface area (Å²) in [7, 11) is 2.10. The lowest BCUT2D eigenvalue weighted by atomic mass is 9.78. The molecule has 0 fully saturated rings. The van der Waals surface area contributed by atoms with E-state index in [0.29, 0.717) is 6.04 Å². The van der Waals surface area contributed by atoms with E-state index in [0.717, 1.165) is 38.2 Å². The molecule has 0 amide bonds. The second-order valence-corrected chi connectivity index (χ2v) is 8.37. The fourth-order valence-electron chi connectivity index (χ4n) is 3.02. The molecule has 1 aromatic heterocycles. The van der Waals surface area contributed by atoms with Gasteiger partial charge in [-0.1, -0.05) is 26.0 Å². The molecule has 0 aliphatic rings. The van der Waals surface area contributed by atoms with Crippen LogP contribution in [-0.2, 0) is 17.8 Å². The van der Waals surface area contributed by atoms with Crippen molar-refractivity contribution in [3.05, 3.63) is 11.9 Å². The lowest BCUT2D eigenvalue weighted by Crippen LogP contribution is -2.33. The fourth-order valence-corrected chi connectivity index (χ4v) is 3.02. The lowest BCUT2D eigenvalue weighted by molar-refractivity contribution is -0.0455. The zero-order valence-corrected chi connectivity index (χ0v) is 16.4. The van der Waals surface area contributed by atoms with Crippen LogP contribution in [0.1, 0.15) is 67.0 Å². The van der Waals surface area contributed by atoms with Crippen molar-refractivity contribution in [3.8, 4) is 0 Å². The third kappa shape index (κ3) is 7.44. The minimum absolute atomic E-state index is 0.104. The summed E-state index contributed by atoms with van der Waals surface area (Å²) in [6.45, 7) is 17.0. The van der Waals surface area contributed by atoms with Gasteiger partial charge in [-0.3, -0.25) is 4.90 Å². The van der Waals surface area contributed by atoms with Crippen LogP contribution in [0.2, 0.25) is 0 Å². The first-order chi connectivity index (χ1) is 10.5. The third-order valence-corrected chi connectivity index (χ3v) is 4.10. The summed E-state index contributed by atoms with van der Waals surface area (Å²) in [5.74, 6) is 0. The Morgan fingerprint density at radius 3 is 2.48 bits per heavy atom. The highest BCUT2D eigenvalue weighted by atomic mass is 16.5. The third-order valence-electron chi connectivity index (χ3n) is 4.10. The van der Waals surface area contributed by atoms with E-state index < -0.39 is 0 Å². The maximum absolute atomic E-state index is 5.99.